The summed E-state index contributed by atoms with van der Waals surface area (Å²) in [5.74, 6) is 5.00. The number of nitrogens with one attached hydrogen (secondary N) is 1. The van der Waals surface area contributed by atoms with Gasteiger partial charge in [-0.3, -0.25) is 9.52 Å². The molecule has 0 spiro atoms. The molecule has 1 rings (SSSR count). The van der Waals surface area contributed by atoms with Crippen LogP contribution in [-0.2, 0) is 19.6 Å². The van der Waals surface area contributed by atoms with Crippen molar-refractivity contribution in [2.45, 2.75) is 12.8 Å². The van der Waals surface area contributed by atoms with Gasteiger partial charge in [-0.1, -0.05) is 11.8 Å². The molecule has 114 valence electrons. The number of ether oxygens (including phenoxy) is 1. The highest BCUT2D eigenvalue weighted by Gasteiger charge is 2.12. The Kier molecular flexibility index (Phi) is 6.65. The third-order valence-electron chi connectivity index (χ3n) is 2.38. The Hall–Kier alpha value is -2.11. The standard InChI is InChI=1S/C13H17N3O4S/c1-20-13(17)5-3-9-21(18,19)16-12-10-11(4-2-7-14)6-8-15-12/h6,8,10H,3,5,7,9,14H2,1H3,(H,15,16). The van der Waals surface area contributed by atoms with Crippen molar-refractivity contribution in [3.8, 4) is 11.8 Å². The highest BCUT2D eigenvalue weighted by molar-refractivity contribution is 7.92. The zero-order chi connectivity index (χ0) is 15.7. The van der Waals surface area contributed by atoms with Gasteiger partial charge >= 0.3 is 5.97 Å². The molecule has 7 nitrogen and oxygen atoms in total. The minimum Gasteiger partial charge on any atom is -0.469 e. The zero-order valence-corrected chi connectivity index (χ0v) is 12.4. The van der Waals surface area contributed by atoms with Crippen LogP contribution in [0.4, 0.5) is 5.82 Å². The summed E-state index contributed by atoms with van der Waals surface area (Å²) in [6.45, 7) is 0.219. The second-order valence-corrected chi connectivity index (χ2v) is 5.88. The number of aromatic nitrogens is 1. The number of hydrogen-bond donors (Lipinski definition) is 2. The minimum atomic E-state index is -3.57. The van der Waals surface area contributed by atoms with Gasteiger partial charge in [-0.2, -0.15) is 0 Å². The molecule has 1 heterocycles. The smallest absolute Gasteiger partial charge is 0.305 e. The van der Waals surface area contributed by atoms with E-state index in [0.717, 1.165) is 0 Å². The SMILES string of the molecule is COC(=O)CCCS(=O)(=O)Nc1cc(C#CCN)ccn1. The van der Waals surface area contributed by atoms with Crippen molar-refractivity contribution >= 4 is 21.8 Å². The number of nitrogens with zero attached hydrogens (tertiary/aromatic N) is 1. The molecule has 0 radical (unpaired) electrons. The Morgan fingerprint density at radius 1 is 1.52 bits per heavy atom. The van der Waals surface area contributed by atoms with Crippen LogP contribution in [0, 0.1) is 11.8 Å². The number of pyridine rings is 1. The van der Waals surface area contributed by atoms with Crippen molar-refractivity contribution in [1.82, 2.24) is 4.98 Å². The molecule has 0 unspecified atom stereocenters. The van der Waals surface area contributed by atoms with Crippen LogP contribution in [-0.4, -0.2) is 38.8 Å². The van der Waals surface area contributed by atoms with E-state index in [1.54, 1.807) is 6.07 Å². The van der Waals surface area contributed by atoms with Gasteiger partial charge in [0.25, 0.3) is 0 Å². The van der Waals surface area contributed by atoms with Crippen LogP contribution in [0.15, 0.2) is 18.3 Å². The number of esters is 1. The van der Waals surface area contributed by atoms with E-state index >= 15 is 0 Å². The van der Waals surface area contributed by atoms with E-state index in [9.17, 15) is 13.2 Å². The molecule has 21 heavy (non-hydrogen) atoms. The number of sulfonamides is 1. The highest BCUT2D eigenvalue weighted by atomic mass is 32.2. The second-order valence-electron chi connectivity index (χ2n) is 4.04. The van der Waals surface area contributed by atoms with Crippen LogP contribution in [0.3, 0.4) is 0 Å². The van der Waals surface area contributed by atoms with E-state index in [1.165, 1.54) is 19.4 Å². The highest BCUT2D eigenvalue weighted by Crippen LogP contribution is 2.09. The average Bonchev–Trinajstić information content (AvgIpc) is 2.44. The molecule has 0 saturated carbocycles. The predicted octanol–water partition coefficient (Wildman–Crippen LogP) is 0.0867. The Bertz CT molecular complexity index is 647. The van der Waals surface area contributed by atoms with Crippen LogP contribution in [0.5, 0.6) is 0 Å². The monoisotopic (exact) mass is 311 g/mol. The van der Waals surface area contributed by atoms with E-state index in [-0.39, 0.29) is 31.0 Å². The number of nitrogens with two attached hydrogens (primary N) is 1. The lowest BCUT2D eigenvalue weighted by molar-refractivity contribution is -0.140. The average molecular weight is 311 g/mol. The minimum absolute atomic E-state index is 0.0485. The van der Waals surface area contributed by atoms with Gasteiger partial charge in [0.15, 0.2) is 0 Å². The molecule has 8 heteroatoms. The molecule has 1 aromatic heterocycles. The van der Waals surface area contributed by atoms with Gasteiger partial charge in [0.2, 0.25) is 10.0 Å². The van der Waals surface area contributed by atoms with Gasteiger partial charge < -0.3 is 10.5 Å². The summed E-state index contributed by atoms with van der Waals surface area (Å²) in [4.78, 5) is 14.8. The van der Waals surface area contributed by atoms with Crippen LogP contribution < -0.4 is 10.5 Å². The molecule has 3 N–H and O–H groups in total. The fourth-order valence-electron chi connectivity index (χ4n) is 1.44. The van der Waals surface area contributed by atoms with Gasteiger partial charge in [0.1, 0.15) is 5.82 Å². The molecule has 0 aromatic carbocycles. The quantitative estimate of drug-likeness (QED) is 0.569. The molecule has 0 aliphatic carbocycles. The third-order valence-corrected chi connectivity index (χ3v) is 3.72. The fourth-order valence-corrected chi connectivity index (χ4v) is 2.49. The second kappa shape index (κ2) is 8.24. The van der Waals surface area contributed by atoms with Crippen molar-refractivity contribution in [3.63, 3.8) is 0 Å². The van der Waals surface area contributed by atoms with Gasteiger partial charge in [0, 0.05) is 18.2 Å². The first-order valence-electron chi connectivity index (χ1n) is 6.19. The molecule has 0 fully saturated rings. The lowest BCUT2D eigenvalue weighted by atomic mass is 10.2. The Morgan fingerprint density at radius 3 is 2.95 bits per heavy atom. The van der Waals surface area contributed by atoms with Crippen LogP contribution in [0.1, 0.15) is 18.4 Å². The van der Waals surface area contributed by atoms with Crippen molar-refractivity contribution in [3.05, 3.63) is 23.9 Å². The van der Waals surface area contributed by atoms with Crippen molar-refractivity contribution < 1.29 is 17.9 Å². The molecule has 0 amide bonds. The number of hydrogen-bond acceptors (Lipinski definition) is 6. The first-order chi connectivity index (χ1) is 9.96. The Labute approximate surface area is 123 Å². The summed E-state index contributed by atoms with van der Waals surface area (Å²) in [6.07, 6.45) is 1.67. The number of carbonyl (C=O) groups excluding carboxylic acids is 1. The van der Waals surface area contributed by atoms with Crippen molar-refractivity contribution in [2.75, 3.05) is 24.1 Å². The van der Waals surface area contributed by atoms with Crippen LogP contribution >= 0.6 is 0 Å². The third kappa shape index (κ3) is 6.74. The lowest BCUT2D eigenvalue weighted by Gasteiger charge is -2.07. The van der Waals surface area contributed by atoms with E-state index < -0.39 is 16.0 Å². The summed E-state index contributed by atoms with van der Waals surface area (Å²) >= 11 is 0. The van der Waals surface area contributed by atoms with E-state index in [0.29, 0.717) is 5.56 Å². The molecule has 0 saturated heterocycles. The maximum absolute atomic E-state index is 11.8. The maximum atomic E-state index is 11.8. The zero-order valence-electron chi connectivity index (χ0n) is 11.6. The molecular weight excluding hydrogens is 294 g/mol. The number of carbonyl (C=O) groups is 1. The molecule has 0 aliphatic rings. The first kappa shape index (κ1) is 16.9. The largest absolute Gasteiger partial charge is 0.469 e. The first-order valence-corrected chi connectivity index (χ1v) is 7.84. The molecule has 0 atom stereocenters. The van der Waals surface area contributed by atoms with Crippen molar-refractivity contribution in [1.29, 1.82) is 0 Å². The normalized spacial score (nSPS) is 10.4. The maximum Gasteiger partial charge on any atom is 0.305 e. The molecule has 0 aliphatic heterocycles. The number of rotatable bonds is 6. The number of anilines is 1. The van der Waals surface area contributed by atoms with Crippen LogP contribution in [0.25, 0.3) is 0 Å². The number of methoxy groups -OCH3 is 1. The fraction of sp³-hybridized carbons (Fsp3) is 0.385. The summed E-state index contributed by atoms with van der Waals surface area (Å²) in [5, 5.41) is 0. The predicted molar refractivity (Wildman–Crippen MR) is 78.8 cm³/mol. The van der Waals surface area contributed by atoms with Crippen LogP contribution in [0.2, 0.25) is 0 Å². The van der Waals surface area contributed by atoms with Gasteiger partial charge in [-0.05, 0) is 18.6 Å². The van der Waals surface area contributed by atoms with E-state index in [4.69, 9.17) is 5.73 Å². The summed E-state index contributed by atoms with van der Waals surface area (Å²) in [7, 11) is -2.31. The molecular formula is C13H17N3O4S. The Balaban J connectivity index is 2.64. The van der Waals surface area contributed by atoms with Gasteiger partial charge in [-0.25, -0.2) is 13.4 Å². The Morgan fingerprint density at radius 2 is 2.29 bits per heavy atom. The van der Waals surface area contributed by atoms with Gasteiger partial charge in [-0.15, -0.1) is 0 Å². The molecule has 0 bridgehead atoms. The summed E-state index contributed by atoms with van der Waals surface area (Å²) in [5.41, 5.74) is 5.88. The van der Waals surface area contributed by atoms with E-state index in [1.807, 2.05) is 0 Å². The molecule has 1 aromatic rings. The van der Waals surface area contributed by atoms with E-state index in [2.05, 4.69) is 26.3 Å². The topological polar surface area (TPSA) is 111 Å². The summed E-state index contributed by atoms with van der Waals surface area (Å²) in [6, 6.07) is 3.16. The summed E-state index contributed by atoms with van der Waals surface area (Å²) < 4.78 is 30.5. The van der Waals surface area contributed by atoms with Gasteiger partial charge in [0.05, 0.1) is 19.4 Å². The lowest BCUT2D eigenvalue weighted by Crippen LogP contribution is -2.18. The van der Waals surface area contributed by atoms with Crippen molar-refractivity contribution in [2.24, 2.45) is 5.73 Å².